The van der Waals surface area contributed by atoms with Gasteiger partial charge in [0.25, 0.3) is 5.91 Å². The van der Waals surface area contributed by atoms with Crippen LogP contribution >= 0.6 is 0 Å². The maximum atomic E-state index is 12.1. The number of rotatable bonds is 7. The lowest BCUT2D eigenvalue weighted by Crippen LogP contribution is -2.26. The highest BCUT2D eigenvalue weighted by Crippen LogP contribution is 2.25. The normalized spacial score (nSPS) is 11.2. The second-order valence-corrected chi connectivity index (χ2v) is 6.21. The first-order valence-electron chi connectivity index (χ1n) is 8.89. The first-order chi connectivity index (χ1) is 13.6. The van der Waals surface area contributed by atoms with Crippen LogP contribution in [-0.4, -0.2) is 32.4 Å². The molecule has 3 aromatic carbocycles. The van der Waals surface area contributed by atoms with Crippen molar-refractivity contribution in [1.29, 1.82) is 0 Å². The topological polar surface area (TPSA) is 72.0 Å². The zero-order valence-electron chi connectivity index (χ0n) is 16.2. The summed E-state index contributed by atoms with van der Waals surface area (Å²) in [5.41, 5.74) is 4.87. The first kappa shape index (κ1) is 19.2. The lowest BCUT2D eigenvalue weighted by molar-refractivity contribution is -0.119. The highest BCUT2D eigenvalue weighted by molar-refractivity contribution is 6.01. The summed E-state index contributed by atoms with van der Waals surface area (Å²) in [6.07, 6.45) is 0. The van der Waals surface area contributed by atoms with Gasteiger partial charge in [0.2, 0.25) is 0 Å². The molecule has 0 aromatic heterocycles. The zero-order chi connectivity index (χ0) is 19.9. The summed E-state index contributed by atoms with van der Waals surface area (Å²) in [5.74, 6) is 1.08. The molecule has 0 aliphatic carbocycles. The summed E-state index contributed by atoms with van der Waals surface area (Å²) in [5, 5.41) is 9.57. The zero-order valence-corrected chi connectivity index (χ0v) is 16.2. The van der Waals surface area contributed by atoms with E-state index in [1.807, 2.05) is 48.5 Å². The van der Waals surface area contributed by atoms with Crippen molar-refractivity contribution >= 4 is 28.1 Å². The molecule has 2 N–H and O–H groups in total. The molecule has 0 bridgehead atoms. The molecule has 0 spiro atoms. The van der Waals surface area contributed by atoms with Crippen LogP contribution in [0.4, 0.5) is 5.69 Å². The molecule has 0 saturated carbocycles. The maximum Gasteiger partial charge on any atom is 0.259 e. The summed E-state index contributed by atoms with van der Waals surface area (Å²) >= 11 is 0. The largest absolute Gasteiger partial charge is 0.497 e. The number of nitrogens with zero attached hydrogens (tertiary/aromatic N) is 1. The number of carbonyl (C=O) groups is 1. The summed E-state index contributed by atoms with van der Waals surface area (Å²) in [6.45, 7) is 1.93. The van der Waals surface area contributed by atoms with Gasteiger partial charge in [-0.2, -0.15) is 5.10 Å². The van der Waals surface area contributed by atoms with Crippen molar-refractivity contribution in [3.05, 3.63) is 66.2 Å². The average Bonchev–Trinajstić information content (AvgIpc) is 2.75. The second kappa shape index (κ2) is 8.90. The summed E-state index contributed by atoms with van der Waals surface area (Å²) < 4.78 is 10.6. The van der Waals surface area contributed by atoms with Gasteiger partial charge in [-0.25, -0.2) is 5.43 Å². The Hall–Kier alpha value is -3.54. The monoisotopic (exact) mass is 377 g/mol. The Bertz CT molecular complexity index is 1010. The third kappa shape index (κ3) is 4.59. The molecular weight excluding hydrogens is 354 g/mol. The predicted octanol–water partition coefficient (Wildman–Crippen LogP) is 3.81. The Morgan fingerprint density at radius 3 is 2.50 bits per heavy atom. The van der Waals surface area contributed by atoms with Gasteiger partial charge in [0, 0.05) is 17.3 Å². The van der Waals surface area contributed by atoms with E-state index in [1.165, 1.54) is 0 Å². The Morgan fingerprint density at radius 2 is 1.75 bits per heavy atom. The van der Waals surface area contributed by atoms with Gasteiger partial charge in [-0.1, -0.05) is 30.3 Å². The number of ether oxygens (including phenoxy) is 2. The van der Waals surface area contributed by atoms with Gasteiger partial charge in [0.15, 0.2) is 0 Å². The molecule has 0 radical (unpaired) electrons. The summed E-state index contributed by atoms with van der Waals surface area (Å²) in [4.78, 5) is 12.1. The van der Waals surface area contributed by atoms with Crippen LogP contribution in [0, 0.1) is 0 Å². The molecule has 0 fully saturated rings. The quantitative estimate of drug-likeness (QED) is 0.485. The lowest BCUT2D eigenvalue weighted by Gasteiger charge is -2.10. The van der Waals surface area contributed by atoms with Gasteiger partial charge in [-0.15, -0.1) is 0 Å². The van der Waals surface area contributed by atoms with Crippen LogP contribution in [0.2, 0.25) is 0 Å². The number of fused-ring (bicyclic) bond motifs is 1. The van der Waals surface area contributed by atoms with Gasteiger partial charge in [-0.05, 0) is 42.0 Å². The number of carbonyl (C=O) groups excluding carboxylic acids is 1. The molecule has 6 nitrogen and oxygen atoms in total. The standard InChI is InChI=1S/C22H23N3O3/c1-15(20-11-10-19(27-2)13-21(20)28-3)24-25-22(26)14-23-18-9-8-16-6-4-5-7-17(16)12-18/h4-13,23H,14H2,1-3H3,(H,25,26)/b24-15-. The van der Waals surface area contributed by atoms with E-state index in [0.717, 1.165) is 22.0 Å². The number of benzene rings is 3. The maximum absolute atomic E-state index is 12.1. The molecule has 28 heavy (non-hydrogen) atoms. The Morgan fingerprint density at radius 1 is 0.964 bits per heavy atom. The Balaban J connectivity index is 1.61. The fourth-order valence-electron chi connectivity index (χ4n) is 2.82. The van der Waals surface area contributed by atoms with Crippen molar-refractivity contribution in [3.63, 3.8) is 0 Å². The second-order valence-electron chi connectivity index (χ2n) is 6.21. The van der Waals surface area contributed by atoms with E-state index in [9.17, 15) is 4.79 Å². The van der Waals surface area contributed by atoms with Gasteiger partial charge in [-0.3, -0.25) is 4.79 Å². The van der Waals surface area contributed by atoms with E-state index >= 15 is 0 Å². The minimum atomic E-state index is -0.236. The molecule has 0 saturated heterocycles. The molecule has 0 aliphatic heterocycles. The Labute approximate surface area is 164 Å². The number of hydrazone groups is 1. The van der Waals surface area contributed by atoms with E-state index in [2.05, 4.69) is 21.9 Å². The van der Waals surface area contributed by atoms with Crippen LogP contribution in [0.1, 0.15) is 12.5 Å². The van der Waals surface area contributed by atoms with Crippen molar-refractivity contribution in [3.8, 4) is 11.5 Å². The highest BCUT2D eigenvalue weighted by Gasteiger charge is 2.09. The minimum absolute atomic E-state index is 0.120. The first-order valence-corrected chi connectivity index (χ1v) is 8.89. The van der Waals surface area contributed by atoms with Crippen molar-refractivity contribution in [2.24, 2.45) is 5.10 Å². The molecule has 0 aliphatic rings. The van der Waals surface area contributed by atoms with Crippen LogP contribution < -0.4 is 20.2 Å². The lowest BCUT2D eigenvalue weighted by atomic mass is 10.1. The molecule has 144 valence electrons. The molecule has 3 rings (SSSR count). The number of methoxy groups -OCH3 is 2. The SMILES string of the molecule is COc1ccc(/C(C)=N\NC(=O)CNc2ccc3ccccc3c2)c(OC)c1. The van der Waals surface area contributed by atoms with E-state index in [1.54, 1.807) is 27.2 Å². The fraction of sp³-hybridized carbons (Fsp3) is 0.182. The minimum Gasteiger partial charge on any atom is -0.497 e. The number of hydrogen-bond donors (Lipinski definition) is 2. The number of anilines is 1. The molecule has 1 amide bonds. The van der Waals surface area contributed by atoms with Gasteiger partial charge in [0.05, 0.1) is 26.5 Å². The van der Waals surface area contributed by atoms with Crippen LogP contribution in [0.15, 0.2) is 65.8 Å². The van der Waals surface area contributed by atoms with E-state index in [0.29, 0.717) is 17.2 Å². The van der Waals surface area contributed by atoms with Crippen LogP contribution in [0.25, 0.3) is 10.8 Å². The molecular formula is C22H23N3O3. The van der Waals surface area contributed by atoms with Crippen LogP contribution in [0.5, 0.6) is 11.5 Å². The summed E-state index contributed by atoms with van der Waals surface area (Å²) in [6, 6.07) is 19.5. The van der Waals surface area contributed by atoms with Gasteiger partial charge < -0.3 is 14.8 Å². The average molecular weight is 377 g/mol. The third-order valence-corrected chi connectivity index (χ3v) is 4.35. The smallest absolute Gasteiger partial charge is 0.259 e. The van der Waals surface area contributed by atoms with E-state index < -0.39 is 0 Å². The Kier molecular flexibility index (Phi) is 6.11. The fourth-order valence-corrected chi connectivity index (χ4v) is 2.82. The number of hydrogen-bond acceptors (Lipinski definition) is 5. The van der Waals surface area contributed by atoms with Crippen LogP contribution in [-0.2, 0) is 4.79 Å². The van der Waals surface area contributed by atoms with Crippen molar-refractivity contribution in [2.45, 2.75) is 6.92 Å². The summed E-state index contributed by atoms with van der Waals surface area (Å²) in [7, 11) is 3.18. The number of nitrogens with one attached hydrogen (secondary N) is 2. The van der Waals surface area contributed by atoms with Crippen molar-refractivity contribution in [2.75, 3.05) is 26.1 Å². The molecule has 6 heteroatoms. The van der Waals surface area contributed by atoms with Gasteiger partial charge >= 0.3 is 0 Å². The predicted molar refractivity (Wildman–Crippen MR) is 112 cm³/mol. The highest BCUT2D eigenvalue weighted by atomic mass is 16.5. The molecule has 0 unspecified atom stereocenters. The third-order valence-electron chi connectivity index (χ3n) is 4.35. The van der Waals surface area contributed by atoms with Crippen LogP contribution in [0.3, 0.4) is 0 Å². The molecule has 0 heterocycles. The van der Waals surface area contributed by atoms with Gasteiger partial charge in [0.1, 0.15) is 11.5 Å². The molecule has 0 atom stereocenters. The molecule has 3 aromatic rings. The number of amides is 1. The van der Waals surface area contributed by atoms with Crippen molar-refractivity contribution < 1.29 is 14.3 Å². The van der Waals surface area contributed by atoms with E-state index in [4.69, 9.17) is 9.47 Å². The van der Waals surface area contributed by atoms with Crippen molar-refractivity contribution in [1.82, 2.24) is 5.43 Å². The van der Waals surface area contributed by atoms with E-state index in [-0.39, 0.29) is 12.5 Å².